The van der Waals surface area contributed by atoms with Crippen molar-refractivity contribution in [2.75, 3.05) is 0 Å². The van der Waals surface area contributed by atoms with Gasteiger partial charge >= 0.3 is 0 Å². The Labute approximate surface area is 150 Å². The summed E-state index contributed by atoms with van der Waals surface area (Å²) in [4.78, 5) is 24.5. The molecule has 0 heterocycles. The molecule has 0 aliphatic rings. The average molecular weight is 354 g/mol. The Morgan fingerprint density at radius 3 is 2.08 bits per heavy atom. The summed E-state index contributed by atoms with van der Waals surface area (Å²) in [5, 5.41) is 0.891. The maximum atomic E-state index is 12.3. The Hall–Kier alpha value is -2.40. The van der Waals surface area contributed by atoms with E-state index in [0.29, 0.717) is 5.56 Å². The van der Waals surface area contributed by atoms with Crippen molar-refractivity contribution in [1.82, 2.24) is 0 Å². The Morgan fingerprint density at radius 2 is 1.56 bits per heavy atom. The van der Waals surface area contributed by atoms with Crippen LogP contribution in [0.5, 0.6) is 0 Å². The molecule has 2 aromatic carbocycles. The van der Waals surface area contributed by atoms with Gasteiger partial charge in [-0.3, -0.25) is 9.59 Å². The van der Waals surface area contributed by atoms with Crippen molar-refractivity contribution in [2.45, 2.75) is 32.0 Å². The lowest BCUT2D eigenvalue weighted by Gasteiger charge is -2.27. The van der Waals surface area contributed by atoms with Crippen LogP contribution in [0.3, 0.4) is 0 Å². The topological polar surface area (TPSA) is 86.2 Å². The van der Waals surface area contributed by atoms with Crippen LogP contribution >= 0.6 is 0 Å². The molecule has 2 amide bonds. The van der Waals surface area contributed by atoms with E-state index in [0.717, 1.165) is 29.6 Å². The number of benzene rings is 2. The highest BCUT2D eigenvalue weighted by Gasteiger charge is 2.31. The summed E-state index contributed by atoms with van der Waals surface area (Å²) in [5.41, 5.74) is 13.3. The zero-order valence-corrected chi connectivity index (χ0v) is 15.8. The molecule has 5 heteroatoms. The van der Waals surface area contributed by atoms with Gasteiger partial charge in [-0.1, -0.05) is 81.4 Å². The first-order valence-electron chi connectivity index (χ1n) is 8.41. The summed E-state index contributed by atoms with van der Waals surface area (Å²) in [5.74, 6) is -1.23. The Balaban J connectivity index is 2.75. The Bertz CT molecular complexity index is 786. The summed E-state index contributed by atoms with van der Waals surface area (Å²) in [6.45, 7) is 8.25. The van der Waals surface area contributed by atoms with Crippen molar-refractivity contribution in [1.29, 1.82) is 0 Å². The van der Waals surface area contributed by atoms with Gasteiger partial charge < -0.3 is 11.5 Å². The fraction of sp³-hybridized carbons (Fsp3) is 0.250. The first-order chi connectivity index (χ1) is 11.8. The molecule has 1 radical (unpaired) electrons. The number of carbonyl (C=O) groups is 2. The summed E-state index contributed by atoms with van der Waals surface area (Å²) in [6, 6.07) is 14.2. The first kappa shape index (κ1) is 18.9. The molecular weight excluding hydrogens is 328 g/mol. The van der Waals surface area contributed by atoms with Crippen LogP contribution in [0.2, 0.25) is 19.1 Å². The molecular formula is C20H25N2O2Si. The van der Waals surface area contributed by atoms with Crippen molar-refractivity contribution in [3.63, 3.8) is 0 Å². The summed E-state index contributed by atoms with van der Waals surface area (Å²) in [6.07, 6.45) is 1.82. The molecule has 0 aliphatic heterocycles. The number of amides is 2. The number of nitrogens with two attached hydrogens (primary N) is 2. The van der Waals surface area contributed by atoms with E-state index in [1.54, 1.807) is 0 Å². The molecule has 0 fully saturated rings. The molecule has 2 rings (SSSR count). The fourth-order valence-corrected chi connectivity index (χ4v) is 6.10. The lowest BCUT2D eigenvalue weighted by Crippen LogP contribution is -2.46. The van der Waals surface area contributed by atoms with Gasteiger partial charge in [-0.2, -0.15) is 0 Å². The molecule has 2 aromatic rings. The lowest BCUT2D eigenvalue weighted by atomic mass is 9.94. The second kappa shape index (κ2) is 7.65. The second-order valence-corrected chi connectivity index (χ2v) is 11.7. The van der Waals surface area contributed by atoms with Crippen LogP contribution in [-0.2, 0) is 0 Å². The van der Waals surface area contributed by atoms with E-state index in [4.69, 9.17) is 11.5 Å². The number of hydrogen-bond donors (Lipinski definition) is 2. The minimum atomic E-state index is -1.96. The van der Waals surface area contributed by atoms with Gasteiger partial charge in [0.25, 0.3) is 0 Å². The number of carbonyl (C=O) groups excluding carboxylic acids is 2. The summed E-state index contributed by atoms with van der Waals surface area (Å²) < 4.78 is 0. The summed E-state index contributed by atoms with van der Waals surface area (Å²) in [7, 11) is -1.96. The lowest BCUT2D eigenvalue weighted by molar-refractivity contribution is 0.0968. The van der Waals surface area contributed by atoms with Crippen LogP contribution in [0.25, 0.3) is 11.1 Å². The smallest absolute Gasteiger partial charge is 0.250 e. The van der Waals surface area contributed by atoms with Crippen LogP contribution in [0.15, 0.2) is 42.5 Å². The second-order valence-electron chi connectivity index (χ2n) is 6.85. The molecule has 0 saturated heterocycles. The maximum Gasteiger partial charge on any atom is 0.250 e. The van der Waals surface area contributed by atoms with E-state index in [2.05, 4.69) is 20.0 Å². The predicted octanol–water partition coefficient (Wildman–Crippen LogP) is 3.08. The third-order valence-electron chi connectivity index (χ3n) is 4.56. The number of primary amides is 2. The average Bonchev–Trinajstić information content (AvgIpc) is 2.59. The van der Waals surface area contributed by atoms with E-state index < -0.39 is 19.9 Å². The molecule has 0 unspecified atom stereocenters. The van der Waals surface area contributed by atoms with Gasteiger partial charge in [0.05, 0.1) is 19.2 Å². The maximum absolute atomic E-state index is 12.3. The van der Waals surface area contributed by atoms with Crippen LogP contribution in [-0.4, -0.2) is 19.9 Å². The number of rotatable bonds is 7. The number of hydrogen-bond acceptors (Lipinski definition) is 2. The van der Waals surface area contributed by atoms with Crippen LogP contribution in [0.4, 0.5) is 0 Å². The summed E-state index contributed by atoms with van der Waals surface area (Å²) >= 11 is 0. The standard InChI is InChI=1S/C20H25N2O2Si/c1-4-5-13-25(2,3)16-12-11-15(14-9-7-6-8-10-14)17(19(21)23)18(16)20(22)24/h6-12H,1,4-5,13H2,2-3H3,(H2,21,23)(H2,22,24). The monoisotopic (exact) mass is 353 g/mol. The Morgan fingerprint density at radius 1 is 0.960 bits per heavy atom. The van der Waals surface area contributed by atoms with E-state index in [-0.39, 0.29) is 11.1 Å². The number of unbranched alkanes of at least 4 members (excludes halogenated alkanes) is 1. The minimum absolute atomic E-state index is 0.228. The normalized spacial score (nSPS) is 11.3. The van der Waals surface area contributed by atoms with Crippen LogP contribution < -0.4 is 16.7 Å². The van der Waals surface area contributed by atoms with Gasteiger partial charge in [0, 0.05) is 0 Å². The van der Waals surface area contributed by atoms with Crippen LogP contribution in [0, 0.1) is 6.92 Å². The van der Waals surface area contributed by atoms with Gasteiger partial charge in [0.15, 0.2) is 0 Å². The highest BCUT2D eigenvalue weighted by atomic mass is 28.3. The minimum Gasteiger partial charge on any atom is -0.366 e. The van der Waals surface area contributed by atoms with Gasteiger partial charge in [-0.05, 0) is 16.3 Å². The zero-order chi connectivity index (χ0) is 18.6. The van der Waals surface area contributed by atoms with E-state index >= 15 is 0 Å². The van der Waals surface area contributed by atoms with E-state index in [1.807, 2.05) is 42.5 Å². The molecule has 0 aromatic heterocycles. The molecule has 131 valence electrons. The van der Waals surface area contributed by atoms with Crippen molar-refractivity contribution >= 4 is 25.1 Å². The van der Waals surface area contributed by atoms with Gasteiger partial charge in [-0.15, -0.1) is 0 Å². The predicted molar refractivity (Wildman–Crippen MR) is 105 cm³/mol. The largest absolute Gasteiger partial charge is 0.366 e. The SMILES string of the molecule is [CH2]CCC[Si](C)(C)c1ccc(-c2ccccc2)c(C(N)=O)c1C(N)=O. The van der Waals surface area contributed by atoms with Crippen LogP contribution in [0.1, 0.15) is 33.6 Å². The first-order valence-corrected chi connectivity index (χ1v) is 11.6. The van der Waals surface area contributed by atoms with Gasteiger partial charge in [0.1, 0.15) is 0 Å². The molecule has 0 saturated carbocycles. The molecule has 0 bridgehead atoms. The van der Waals surface area contributed by atoms with Crippen molar-refractivity contribution in [2.24, 2.45) is 11.5 Å². The molecule has 0 atom stereocenters. The zero-order valence-electron chi connectivity index (χ0n) is 14.8. The van der Waals surface area contributed by atoms with Crippen molar-refractivity contribution < 1.29 is 9.59 Å². The Kier molecular flexibility index (Phi) is 5.80. The van der Waals surface area contributed by atoms with Gasteiger partial charge in [-0.25, -0.2) is 0 Å². The van der Waals surface area contributed by atoms with E-state index in [1.165, 1.54) is 0 Å². The van der Waals surface area contributed by atoms with Crippen molar-refractivity contribution in [3.05, 3.63) is 60.5 Å². The fourth-order valence-electron chi connectivity index (χ4n) is 3.24. The molecule has 0 aliphatic carbocycles. The quantitative estimate of drug-likeness (QED) is 0.750. The molecule has 4 nitrogen and oxygen atoms in total. The highest BCUT2D eigenvalue weighted by Crippen LogP contribution is 2.27. The third-order valence-corrected chi connectivity index (χ3v) is 8.04. The van der Waals surface area contributed by atoms with E-state index in [9.17, 15) is 9.59 Å². The molecule has 25 heavy (non-hydrogen) atoms. The van der Waals surface area contributed by atoms with Crippen molar-refractivity contribution in [3.8, 4) is 11.1 Å². The van der Waals surface area contributed by atoms with Gasteiger partial charge in [0.2, 0.25) is 11.8 Å². The highest BCUT2D eigenvalue weighted by molar-refractivity contribution is 6.90. The molecule has 4 N–H and O–H groups in total. The third kappa shape index (κ3) is 3.99. The molecule has 0 spiro atoms.